The largest absolute Gasteiger partial charge is 0.486 e. The molecule has 0 aromatic heterocycles. The van der Waals surface area contributed by atoms with Crippen LogP contribution in [0.1, 0.15) is 56.3 Å². The third kappa shape index (κ3) is 7.58. The van der Waals surface area contributed by atoms with Crippen LogP contribution in [0.15, 0.2) is 77.3 Å². The minimum absolute atomic E-state index is 0.0265. The molecule has 1 unspecified atom stereocenters. The van der Waals surface area contributed by atoms with Crippen LogP contribution in [-0.2, 0) is 4.79 Å². The minimum atomic E-state index is -0.0394. The first-order valence-electron chi connectivity index (χ1n) is 12.7. The van der Waals surface area contributed by atoms with Gasteiger partial charge in [-0.15, -0.1) is 0 Å². The predicted octanol–water partition coefficient (Wildman–Crippen LogP) is 8.09. The van der Waals surface area contributed by atoms with Crippen molar-refractivity contribution in [2.75, 3.05) is 25.0 Å². The first-order valence-corrected chi connectivity index (χ1v) is 13.9. The van der Waals surface area contributed by atoms with Crippen molar-refractivity contribution in [2.24, 2.45) is 5.92 Å². The molecule has 0 bridgehead atoms. The summed E-state index contributed by atoms with van der Waals surface area (Å²) in [5, 5.41) is 3.76. The number of amides is 1. The number of halogens is 2. The summed E-state index contributed by atoms with van der Waals surface area (Å²) in [6.07, 6.45) is 3.09. The highest BCUT2D eigenvalue weighted by Gasteiger charge is 2.23. The Morgan fingerprint density at radius 3 is 2.42 bits per heavy atom. The maximum atomic E-state index is 12.1. The van der Waals surface area contributed by atoms with Crippen molar-refractivity contribution in [3.05, 3.63) is 93.4 Å². The van der Waals surface area contributed by atoms with Gasteiger partial charge in [0.05, 0.1) is 0 Å². The molecule has 1 aliphatic heterocycles. The molecule has 1 heterocycles. The second kappa shape index (κ2) is 12.8. The summed E-state index contributed by atoms with van der Waals surface area (Å²) in [7, 11) is 0. The van der Waals surface area contributed by atoms with E-state index >= 15 is 0 Å². The first-order chi connectivity index (χ1) is 17.4. The van der Waals surface area contributed by atoms with Gasteiger partial charge in [0, 0.05) is 34.1 Å². The van der Waals surface area contributed by atoms with Gasteiger partial charge in [0.1, 0.15) is 11.9 Å². The van der Waals surface area contributed by atoms with E-state index in [0.29, 0.717) is 5.92 Å². The highest BCUT2D eigenvalue weighted by atomic mass is 79.9. The molecular weight excluding hydrogens is 536 g/mol. The van der Waals surface area contributed by atoms with Gasteiger partial charge in [-0.3, -0.25) is 4.79 Å². The number of likely N-dealkylation sites (tertiary alicyclic amines) is 1. The smallest absolute Gasteiger partial charge is 0.226 e. The molecule has 3 aromatic carbocycles. The van der Waals surface area contributed by atoms with E-state index in [-0.39, 0.29) is 17.9 Å². The fourth-order valence-electron chi connectivity index (χ4n) is 4.60. The van der Waals surface area contributed by atoms with Gasteiger partial charge < -0.3 is 15.0 Å². The number of piperidine rings is 1. The second-order valence-electron chi connectivity index (χ2n) is 9.79. The Balaban J connectivity index is 1.34. The molecule has 4 nitrogen and oxygen atoms in total. The molecule has 1 atom stereocenters. The molecule has 1 amide bonds. The number of ether oxygens (including phenoxy) is 1. The average Bonchev–Trinajstić information content (AvgIpc) is 2.88. The molecule has 36 heavy (non-hydrogen) atoms. The van der Waals surface area contributed by atoms with Crippen LogP contribution in [0.4, 0.5) is 5.69 Å². The van der Waals surface area contributed by atoms with Crippen LogP contribution in [0.3, 0.4) is 0 Å². The van der Waals surface area contributed by atoms with Gasteiger partial charge in [-0.2, -0.15) is 0 Å². The second-order valence-corrected chi connectivity index (χ2v) is 11.1. The Kier molecular flexibility index (Phi) is 9.47. The van der Waals surface area contributed by atoms with Crippen LogP contribution in [0, 0.1) is 5.92 Å². The summed E-state index contributed by atoms with van der Waals surface area (Å²) < 4.78 is 7.45. The molecule has 1 fully saturated rings. The molecule has 6 heteroatoms. The number of carbonyl (C=O) groups excluding carboxylic acids is 1. The highest BCUT2D eigenvalue weighted by Crippen LogP contribution is 2.31. The fourth-order valence-corrected chi connectivity index (χ4v) is 4.99. The van der Waals surface area contributed by atoms with Crippen molar-refractivity contribution in [1.82, 2.24) is 4.90 Å². The summed E-state index contributed by atoms with van der Waals surface area (Å²) in [6, 6.07) is 24.3. The summed E-state index contributed by atoms with van der Waals surface area (Å²) >= 11 is 9.62. The molecule has 1 aliphatic rings. The normalized spacial score (nSPS) is 15.6. The van der Waals surface area contributed by atoms with Crippen molar-refractivity contribution >= 4 is 39.1 Å². The zero-order valence-electron chi connectivity index (χ0n) is 20.9. The summed E-state index contributed by atoms with van der Waals surface area (Å²) in [5.41, 5.74) is 3.34. The van der Waals surface area contributed by atoms with Gasteiger partial charge in [-0.25, -0.2) is 0 Å². The lowest BCUT2D eigenvalue weighted by atomic mass is 9.89. The zero-order valence-corrected chi connectivity index (χ0v) is 23.3. The zero-order chi connectivity index (χ0) is 25.5. The summed E-state index contributed by atoms with van der Waals surface area (Å²) in [5.74, 6) is 1.41. The number of benzene rings is 3. The van der Waals surface area contributed by atoms with Crippen LogP contribution in [0.5, 0.6) is 5.75 Å². The minimum Gasteiger partial charge on any atom is -0.486 e. The molecule has 1 saturated heterocycles. The lowest BCUT2D eigenvalue weighted by Crippen LogP contribution is -2.34. The number of nitrogens with zero attached hydrogens (tertiary/aromatic N) is 1. The molecule has 3 aromatic rings. The van der Waals surface area contributed by atoms with E-state index in [2.05, 4.69) is 50.4 Å². The third-order valence-electron chi connectivity index (χ3n) is 6.78. The van der Waals surface area contributed by atoms with E-state index in [4.69, 9.17) is 16.3 Å². The quantitative estimate of drug-likeness (QED) is 0.283. The number of anilines is 1. The standard InChI is InChI=1S/C30H34BrClN2O2/c1-21(2)30(35)33-27-5-3-4-24(20-27)22-14-17-34(18-15-22)19-16-29(23-6-10-26(32)11-7-23)36-28-12-8-25(31)9-13-28/h3-13,20-22,29H,14-19H2,1-2H3,(H,33,35). The molecule has 190 valence electrons. The topological polar surface area (TPSA) is 41.6 Å². The predicted molar refractivity (Wildman–Crippen MR) is 152 cm³/mol. The van der Waals surface area contributed by atoms with Crippen LogP contribution in [0.2, 0.25) is 5.02 Å². The van der Waals surface area contributed by atoms with Crippen LogP contribution >= 0.6 is 27.5 Å². The van der Waals surface area contributed by atoms with Gasteiger partial charge in [-0.05, 0) is 91.5 Å². The Morgan fingerprint density at radius 2 is 1.75 bits per heavy atom. The maximum Gasteiger partial charge on any atom is 0.226 e. The molecule has 1 N–H and O–H groups in total. The van der Waals surface area contributed by atoms with E-state index in [9.17, 15) is 4.79 Å². The van der Waals surface area contributed by atoms with Crippen molar-refractivity contribution in [3.63, 3.8) is 0 Å². The molecule has 4 rings (SSSR count). The lowest BCUT2D eigenvalue weighted by molar-refractivity contribution is -0.118. The number of rotatable bonds is 9. The van der Waals surface area contributed by atoms with E-state index in [1.807, 2.05) is 62.4 Å². The van der Waals surface area contributed by atoms with Crippen LogP contribution in [-0.4, -0.2) is 30.4 Å². The van der Waals surface area contributed by atoms with E-state index in [1.165, 1.54) is 5.56 Å². The third-order valence-corrected chi connectivity index (χ3v) is 7.56. The average molecular weight is 570 g/mol. The fraction of sp³-hybridized carbons (Fsp3) is 0.367. The van der Waals surface area contributed by atoms with E-state index in [1.54, 1.807) is 0 Å². The number of carbonyl (C=O) groups is 1. The Morgan fingerprint density at radius 1 is 1.06 bits per heavy atom. The molecular formula is C30H34BrClN2O2. The molecule has 0 radical (unpaired) electrons. The van der Waals surface area contributed by atoms with Crippen molar-refractivity contribution < 1.29 is 9.53 Å². The van der Waals surface area contributed by atoms with Gasteiger partial charge in [0.15, 0.2) is 0 Å². The first kappa shape index (κ1) is 26.7. The van der Waals surface area contributed by atoms with E-state index in [0.717, 1.165) is 65.4 Å². The Bertz CT molecular complexity index is 1130. The Labute approximate surface area is 228 Å². The summed E-state index contributed by atoms with van der Waals surface area (Å²) in [4.78, 5) is 14.6. The van der Waals surface area contributed by atoms with Gasteiger partial charge in [0.25, 0.3) is 0 Å². The Hall–Kier alpha value is -2.34. The van der Waals surface area contributed by atoms with Gasteiger partial charge in [-0.1, -0.05) is 65.6 Å². The number of hydrogen-bond donors (Lipinski definition) is 1. The van der Waals surface area contributed by atoms with Crippen molar-refractivity contribution in [3.8, 4) is 5.75 Å². The van der Waals surface area contributed by atoms with Gasteiger partial charge >= 0.3 is 0 Å². The van der Waals surface area contributed by atoms with Crippen molar-refractivity contribution in [2.45, 2.75) is 45.1 Å². The maximum absolute atomic E-state index is 12.1. The molecule has 0 aliphatic carbocycles. The van der Waals surface area contributed by atoms with Crippen LogP contribution < -0.4 is 10.1 Å². The number of hydrogen-bond acceptors (Lipinski definition) is 3. The van der Waals surface area contributed by atoms with Crippen molar-refractivity contribution in [1.29, 1.82) is 0 Å². The van der Waals surface area contributed by atoms with Gasteiger partial charge in [0.2, 0.25) is 5.91 Å². The highest BCUT2D eigenvalue weighted by molar-refractivity contribution is 9.10. The lowest BCUT2D eigenvalue weighted by Gasteiger charge is -2.33. The molecule has 0 spiro atoms. The number of nitrogens with one attached hydrogen (secondary N) is 1. The van der Waals surface area contributed by atoms with E-state index < -0.39 is 0 Å². The SMILES string of the molecule is CC(C)C(=O)Nc1cccc(C2CCN(CCC(Oc3ccc(Br)cc3)c3ccc(Cl)cc3)CC2)c1. The molecule has 0 saturated carbocycles. The van der Waals surface area contributed by atoms with Crippen LogP contribution in [0.25, 0.3) is 0 Å². The monoisotopic (exact) mass is 568 g/mol. The summed E-state index contributed by atoms with van der Waals surface area (Å²) in [6.45, 7) is 6.91.